The van der Waals surface area contributed by atoms with Crippen molar-refractivity contribution < 1.29 is 35.9 Å². The van der Waals surface area contributed by atoms with Crippen molar-refractivity contribution in [2.75, 3.05) is 26.2 Å². The van der Waals surface area contributed by atoms with Gasteiger partial charge < -0.3 is 9.64 Å². The van der Waals surface area contributed by atoms with E-state index in [1.165, 1.54) is 28.6 Å². The third kappa shape index (κ3) is 7.19. The van der Waals surface area contributed by atoms with Crippen molar-refractivity contribution in [1.29, 1.82) is 0 Å². The van der Waals surface area contributed by atoms with E-state index in [-0.39, 0.29) is 38.0 Å². The van der Waals surface area contributed by atoms with Crippen molar-refractivity contribution in [2.24, 2.45) is 0 Å². The number of ether oxygens (including phenoxy) is 1. The molecule has 34 heavy (non-hydrogen) atoms. The first kappa shape index (κ1) is 28.6. The predicted molar refractivity (Wildman–Crippen MR) is 120 cm³/mol. The number of alkyl halides is 6. The molecule has 0 aliphatic carbocycles. The number of rotatable bonds is 6. The van der Waals surface area contributed by atoms with Crippen molar-refractivity contribution in [3.63, 3.8) is 0 Å². The van der Waals surface area contributed by atoms with Crippen LogP contribution in [0.25, 0.3) is 0 Å². The minimum absolute atomic E-state index is 0.0353. The number of nitrogens with zero attached hydrogens (tertiary/aromatic N) is 2. The highest BCUT2D eigenvalue weighted by Crippen LogP contribution is 2.40. The van der Waals surface area contributed by atoms with Gasteiger partial charge in [0.05, 0.1) is 0 Å². The summed E-state index contributed by atoms with van der Waals surface area (Å²) in [6.07, 6.45) is -17.2. The highest BCUT2D eigenvalue weighted by molar-refractivity contribution is 7.97. The van der Waals surface area contributed by atoms with Crippen LogP contribution in [0.15, 0.2) is 17.0 Å². The van der Waals surface area contributed by atoms with E-state index in [4.69, 9.17) is 0 Å². The summed E-state index contributed by atoms with van der Waals surface area (Å²) >= 11 is 1.53. The molecule has 194 valence electrons. The Morgan fingerprint density at radius 2 is 1.26 bits per heavy atom. The normalized spacial score (nSPS) is 16.3. The molecular formula is C23H32F6N2O2S. The minimum Gasteiger partial charge on any atom is -0.426 e. The van der Waals surface area contributed by atoms with E-state index in [0.717, 1.165) is 9.80 Å². The fraction of sp³-hybridized carbons (Fsp3) is 0.696. The number of amides is 1. The molecule has 11 heteroatoms. The molecule has 0 unspecified atom stereocenters. The van der Waals surface area contributed by atoms with Crippen LogP contribution in [-0.4, -0.2) is 59.9 Å². The maximum atomic E-state index is 12.7. The first-order valence-corrected chi connectivity index (χ1v) is 12.0. The maximum Gasteiger partial charge on any atom is 0.434 e. The molecule has 1 amide bonds. The largest absolute Gasteiger partial charge is 0.434 e. The summed E-state index contributed by atoms with van der Waals surface area (Å²) in [4.78, 5) is 14.0. The number of carbonyl (C=O) groups is 1. The minimum atomic E-state index is -5.73. The fourth-order valence-electron chi connectivity index (χ4n) is 3.58. The molecule has 0 saturated carbocycles. The van der Waals surface area contributed by atoms with Gasteiger partial charge in [0.25, 0.3) is 6.10 Å². The van der Waals surface area contributed by atoms with E-state index in [0.29, 0.717) is 5.92 Å². The summed E-state index contributed by atoms with van der Waals surface area (Å²) < 4.78 is 82.0. The Morgan fingerprint density at radius 3 is 1.62 bits per heavy atom. The second-order valence-corrected chi connectivity index (χ2v) is 10.5. The second-order valence-electron chi connectivity index (χ2n) is 9.35. The number of hydrogen-bond donors (Lipinski definition) is 0. The van der Waals surface area contributed by atoms with E-state index in [1.54, 1.807) is 0 Å². The van der Waals surface area contributed by atoms with Crippen molar-refractivity contribution >= 4 is 18.0 Å². The third-order valence-electron chi connectivity index (χ3n) is 5.61. The summed E-state index contributed by atoms with van der Waals surface area (Å²) in [7, 11) is 0. The van der Waals surface area contributed by atoms with Crippen LogP contribution in [0, 0.1) is 0 Å². The fourth-order valence-corrected chi connectivity index (χ4v) is 4.98. The second kappa shape index (κ2) is 11.0. The van der Waals surface area contributed by atoms with Crippen LogP contribution in [-0.2, 0) is 4.74 Å². The molecule has 1 aliphatic heterocycles. The lowest BCUT2D eigenvalue weighted by Gasteiger charge is -2.35. The van der Waals surface area contributed by atoms with E-state index < -0.39 is 24.5 Å². The number of benzene rings is 1. The van der Waals surface area contributed by atoms with Gasteiger partial charge in [0.15, 0.2) is 0 Å². The molecule has 0 spiro atoms. The first-order chi connectivity index (χ1) is 15.5. The molecule has 1 heterocycles. The zero-order valence-electron chi connectivity index (χ0n) is 20.2. The molecule has 1 aromatic carbocycles. The molecule has 1 saturated heterocycles. The third-order valence-corrected chi connectivity index (χ3v) is 6.89. The molecule has 0 aromatic heterocycles. The molecule has 0 radical (unpaired) electrons. The van der Waals surface area contributed by atoms with Gasteiger partial charge in [-0.2, -0.15) is 26.3 Å². The van der Waals surface area contributed by atoms with Gasteiger partial charge in [-0.15, -0.1) is 0 Å². The molecule has 1 fully saturated rings. The Bertz CT molecular complexity index is 804. The highest BCUT2D eigenvalue weighted by Gasteiger charge is 2.60. The lowest BCUT2D eigenvalue weighted by Crippen LogP contribution is -2.51. The zero-order chi connectivity index (χ0) is 26.0. The molecule has 1 aliphatic rings. The number of halogens is 6. The lowest BCUT2D eigenvalue weighted by molar-refractivity contribution is -0.308. The van der Waals surface area contributed by atoms with Crippen LogP contribution in [0.4, 0.5) is 31.1 Å². The van der Waals surface area contributed by atoms with Crippen LogP contribution >= 0.6 is 11.9 Å². The van der Waals surface area contributed by atoms with E-state index >= 15 is 0 Å². The van der Waals surface area contributed by atoms with Crippen LogP contribution in [0.5, 0.6) is 0 Å². The smallest absolute Gasteiger partial charge is 0.426 e. The van der Waals surface area contributed by atoms with Crippen LogP contribution in [0.3, 0.4) is 0 Å². The molecule has 4 nitrogen and oxygen atoms in total. The molecule has 0 bridgehead atoms. The van der Waals surface area contributed by atoms with Gasteiger partial charge in [-0.05, 0) is 46.4 Å². The van der Waals surface area contributed by atoms with Crippen molar-refractivity contribution in [2.45, 2.75) is 82.6 Å². The van der Waals surface area contributed by atoms with Gasteiger partial charge in [0.1, 0.15) is 0 Å². The number of carbonyl (C=O) groups excluding carboxylic acids is 1. The molecule has 0 N–H and O–H groups in total. The van der Waals surface area contributed by atoms with Gasteiger partial charge in [0.2, 0.25) is 0 Å². The summed E-state index contributed by atoms with van der Waals surface area (Å²) in [5.74, 6) is 0.883. The van der Waals surface area contributed by atoms with Crippen molar-refractivity contribution in [3.05, 3.63) is 28.8 Å². The summed E-state index contributed by atoms with van der Waals surface area (Å²) in [6, 6.07) is 4.40. The summed E-state index contributed by atoms with van der Waals surface area (Å²) in [5.41, 5.74) is 3.63. The van der Waals surface area contributed by atoms with Crippen LogP contribution in [0.1, 0.15) is 76.0 Å². The van der Waals surface area contributed by atoms with Gasteiger partial charge in [-0.3, -0.25) is 0 Å². The van der Waals surface area contributed by atoms with Gasteiger partial charge >= 0.3 is 18.4 Å². The maximum absolute atomic E-state index is 12.7. The molecule has 2 rings (SSSR count). The van der Waals surface area contributed by atoms with Crippen molar-refractivity contribution in [1.82, 2.24) is 9.21 Å². The zero-order valence-corrected chi connectivity index (χ0v) is 21.0. The molecule has 0 atom stereocenters. The standard InChI is InChI=1S/C23H32F6N2O2S/c1-13(2)16-11-17(14(3)4)19(18(12-16)15(5)6)34-31-9-7-30(8-10-31)21(32)33-20(22(24,25)26)23(27,28)29/h11-15,20H,7-10H2,1-6H3. The molecular weight excluding hydrogens is 482 g/mol. The predicted octanol–water partition coefficient (Wildman–Crippen LogP) is 7.31. The Morgan fingerprint density at radius 1 is 0.824 bits per heavy atom. The van der Waals surface area contributed by atoms with Gasteiger partial charge in [0, 0.05) is 31.1 Å². The van der Waals surface area contributed by atoms with E-state index in [9.17, 15) is 31.1 Å². The van der Waals surface area contributed by atoms with Gasteiger partial charge in [-0.1, -0.05) is 53.7 Å². The highest BCUT2D eigenvalue weighted by atomic mass is 32.2. The average Bonchev–Trinajstić information content (AvgIpc) is 2.70. The monoisotopic (exact) mass is 514 g/mol. The number of hydrogen-bond acceptors (Lipinski definition) is 4. The summed E-state index contributed by atoms with van der Waals surface area (Å²) in [5, 5.41) is 0. The Labute approximate surface area is 201 Å². The van der Waals surface area contributed by atoms with Crippen LogP contribution < -0.4 is 0 Å². The van der Waals surface area contributed by atoms with E-state index in [2.05, 4.69) is 58.4 Å². The van der Waals surface area contributed by atoms with Crippen molar-refractivity contribution in [3.8, 4) is 0 Å². The first-order valence-electron chi connectivity index (χ1n) is 11.2. The summed E-state index contributed by atoms with van der Waals surface area (Å²) in [6.45, 7) is 13.2. The average molecular weight is 515 g/mol. The molecule has 1 aromatic rings. The SMILES string of the molecule is CC(C)c1cc(C(C)C)c(SN2CCN(C(=O)OC(C(F)(F)F)C(F)(F)F)CC2)c(C(C)C)c1. The number of piperazine rings is 1. The Balaban J connectivity index is 2.14. The topological polar surface area (TPSA) is 32.8 Å². The van der Waals surface area contributed by atoms with Crippen LogP contribution in [0.2, 0.25) is 0 Å². The van der Waals surface area contributed by atoms with E-state index in [1.807, 2.05) is 4.31 Å². The Kier molecular flexibility index (Phi) is 9.23. The Hall–Kier alpha value is -1.62. The lowest BCUT2D eigenvalue weighted by atomic mass is 9.89. The van der Waals surface area contributed by atoms with Gasteiger partial charge in [-0.25, -0.2) is 9.10 Å². The quantitative estimate of drug-likeness (QED) is 0.294.